The average molecular weight is 341 g/mol. The summed E-state index contributed by atoms with van der Waals surface area (Å²) < 4.78 is 18.6. The molecule has 0 atom stereocenters. The van der Waals surface area contributed by atoms with Gasteiger partial charge in [-0.05, 0) is 42.8 Å². The van der Waals surface area contributed by atoms with E-state index in [2.05, 4.69) is 5.32 Å². The summed E-state index contributed by atoms with van der Waals surface area (Å²) in [7, 11) is 0. The molecule has 0 spiro atoms. The number of hydrogen-bond acceptors (Lipinski definition) is 4. The monoisotopic (exact) mass is 341 g/mol. The number of halogens is 1. The van der Waals surface area contributed by atoms with E-state index in [1.807, 2.05) is 6.07 Å². The van der Waals surface area contributed by atoms with Crippen molar-refractivity contribution >= 4 is 11.8 Å². The van der Waals surface area contributed by atoms with Crippen LogP contribution in [0.5, 0.6) is 5.75 Å². The molecule has 128 valence electrons. The summed E-state index contributed by atoms with van der Waals surface area (Å²) in [6.45, 7) is 1.34. The molecule has 0 aliphatic heterocycles. The first kappa shape index (κ1) is 17.9. The third-order valence-electron chi connectivity index (χ3n) is 3.43. The van der Waals surface area contributed by atoms with Crippen molar-refractivity contribution < 1.29 is 18.7 Å². The Hall–Kier alpha value is -3.40. The standard InChI is InChI=1S/C18H16FN3O3/c1-11-6-13(4-5-15(11)19)18(24)22-9-14-3-2-12(8-20)7-16(14)25-10-17(21)23/h2-7H,9-10H2,1H3,(H2,21,23)(H,22,24). The minimum atomic E-state index is -0.654. The zero-order valence-electron chi connectivity index (χ0n) is 13.5. The number of amides is 2. The molecule has 6 nitrogen and oxygen atoms in total. The summed E-state index contributed by atoms with van der Waals surface area (Å²) in [6.07, 6.45) is 0. The minimum absolute atomic E-state index is 0.106. The largest absolute Gasteiger partial charge is 0.483 e. The molecule has 2 rings (SSSR count). The van der Waals surface area contributed by atoms with E-state index in [9.17, 15) is 14.0 Å². The van der Waals surface area contributed by atoms with Crippen molar-refractivity contribution in [3.8, 4) is 11.8 Å². The van der Waals surface area contributed by atoms with Crippen LogP contribution in [-0.4, -0.2) is 18.4 Å². The van der Waals surface area contributed by atoms with Crippen LogP contribution in [0.3, 0.4) is 0 Å². The normalized spacial score (nSPS) is 9.96. The zero-order chi connectivity index (χ0) is 18.4. The van der Waals surface area contributed by atoms with Crippen molar-refractivity contribution in [3.05, 3.63) is 64.5 Å². The molecule has 0 fully saturated rings. The fraction of sp³-hybridized carbons (Fsp3) is 0.167. The van der Waals surface area contributed by atoms with E-state index in [1.165, 1.54) is 24.3 Å². The lowest BCUT2D eigenvalue weighted by atomic mass is 10.1. The molecule has 7 heteroatoms. The predicted octanol–water partition coefficient (Wildman–Crippen LogP) is 1.80. The van der Waals surface area contributed by atoms with Crippen molar-refractivity contribution in [1.29, 1.82) is 5.26 Å². The van der Waals surface area contributed by atoms with E-state index >= 15 is 0 Å². The van der Waals surface area contributed by atoms with Crippen molar-refractivity contribution in [2.75, 3.05) is 6.61 Å². The molecule has 0 heterocycles. The lowest BCUT2D eigenvalue weighted by molar-refractivity contribution is -0.119. The number of hydrogen-bond donors (Lipinski definition) is 2. The molecule has 0 radical (unpaired) electrons. The summed E-state index contributed by atoms with van der Waals surface area (Å²) in [5.74, 6) is -1.13. The van der Waals surface area contributed by atoms with Gasteiger partial charge in [-0.25, -0.2) is 4.39 Å². The van der Waals surface area contributed by atoms with Gasteiger partial charge >= 0.3 is 0 Å². The SMILES string of the molecule is Cc1cc(C(=O)NCc2ccc(C#N)cc2OCC(N)=O)ccc1F. The number of aryl methyl sites for hydroxylation is 1. The minimum Gasteiger partial charge on any atom is -0.483 e. The van der Waals surface area contributed by atoms with Gasteiger partial charge < -0.3 is 15.8 Å². The van der Waals surface area contributed by atoms with Crippen LogP contribution in [0.15, 0.2) is 36.4 Å². The van der Waals surface area contributed by atoms with Gasteiger partial charge in [-0.15, -0.1) is 0 Å². The van der Waals surface area contributed by atoms with Crippen LogP contribution in [0, 0.1) is 24.1 Å². The Bertz CT molecular complexity index is 859. The van der Waals surface area contributed by atoms with Crippen LogP contribution in [-0.2, 0) is 11.3 Å². The van der Waals surface area contributed by atoms with E-state index in [-0.39, 0.29) is 30.6 Å². The molecule has 0 saturated heterocycles. The maximum atomic E-state index is 13.3. The summed E-state index contributed by atoms with van der Waals surface area (Å²) in [5.41, 5.74) is 6.68. The topological polar surface area (TPSA) is 105 Å². The van der Waals surface area contributed by atoms with Gasteiger partial charge in [0, 0.05) is 17.7 Å². The van der Waals surface area contributed by atoms with Gasteiger partial charge in [-0.2, -0.15) is 5.26 Å². The Morgan fingerprint density at radius 2 is 2.04 bits per heavy atom. The lowest BCUT2D eigenvalue weighted by Crippen LogP contribution is -2.24. The summed E-state index contributed by atoms with van der Waals surface area (Å²) in [5, 5.41) is 11.6. The molecule has 2 amide bonds. The molecular formula is C18H16FN3O3. The first-order valence-corrected chi connectivity index (χ1v) is 7.39. The number of nitrogens with zero attached hydrogens (tertiary/aromatic N) is 1. The highest BCUT2D eigenvalue weighted by Gasteiger charge is 2.11. The first-order chi connectivity index (χ1) is 11.9. The third-order valence-corrected chi connectivity index (χ3v) is 3.43. The van der Waals surface area contributed by atoms with Crippen molar-refractivity contribution in [1.82, 2.24) is 5.32 Å². The molecule has 0 bridgehead atoms. The third kappa shape index (κ3) is 4.78. The number of benzene rings is 2. The van der Waals surface area contributed by atoms with E-state index in [0.29, 0.717) is 22.3 Å². The van der Waals surface area contributed by atoms with Crippen LogP contribution in [0.1, 0.15) is 27.0 Å². The number of primary amides is 1. The molecule has 0 aliphatic carbocycles. The summed E-state index contributed by atoms with van der Waals surface area (Å²) in [4.78, 5) is 23.1. The van der Waals surface area contributed by atoms with Crippen LogP contribution >= 0.6 is 0 Å². The Balaban J connectivity index is 2.13. The van der Waals surface area contributed by atoms with E-state index in [4.69, 9.17) is 15.7 Å². The second kappa shape index (κ2) is 7.93. The smallest absolute Gasteiger partial charge is 0.255 e. The fourth-order valence-electron chi connectivity index (χ4n) is 2.12. The van der Waals surface area contributed by atoms with E-state index < -0.39 is 5.91 Å². The fourth-order valence-corrected chi connectivity index (χ4v) is 2.12. The second-order valence-corrected chi connectivity index (χ2v) is 5.34. The van der Waals surface area contributed by atoms with Gasteiger partial charge in [0.2, 0.25) is 0 Å². The van der Waals surface area contributed by atoms with Gasteiger partial charge in [0.25, 0.3) is 11.8 Å². The first-order valence-electron chi connectivity index (χ1n) is 7.39. The van der Waals surface area contributed by atoms with Crippen molar-refractivity contribution in [2.45, 2.75) is 13.5 Å². The summed E-state index contributed by atoms with van der Waals surface area (Å²) >= 11 is 0. The maximum absolute atomic E-state index is 13.3. The number of nitrogens with two attached hydrogens (primary N) is 1. The van der Waals surface area contributed by atoms with Crippen molar-refractivity contribution in [3.63, 3.8) is 0 Å². The predicted molar refractivity (Wildman–Crippen MR) is 88.2 cm³/mol. The molecule has 0 unspecified atom stereocenters. The van der Waals surface area contributed by atoms with Crippen LogP contribution in [0.2, 0.25) is 0 Å². The Labute approximate surface area is 144 Å². The molecule has 2 aromatic carbocycles. The van der Waals surface area contributed by atoms with Gasteiger partial charge in [-0.3, -0.25) is 9.59 Å². The molecule has 0 saturated carbocycles. The second-order valence-electron chi connectivity index (χ2n) is 5.34. The number of carbonyl (C=O) groups excluding carboxylic acids is 2. The highest BCUT2D eigenvalue weighted by Crippen LogP contribution is 2.20. The maximum Gasteiger partial charge on any atom is 0.255 e. The van der Waals surface area contributed by atoms with Gasteiger partial charge in [0.05, 0.1) is 11.6 Å². The zero-order valence-corrected chi connectivity index (χ0v) is 13.5. The molecule has 0 aromatic heterocycles. The number of ether oxygens (including phenoxy) is 1. The Morgan fingerprint density at radius 3 is 2.68 bits per heavy atom. The lowest BCUT2D eigenvalue weighted by Gasteiger charge is -2.12. The summed E-state index contributed by atoms with van der Waals surface area (Å²) in [6, 6.07) is 10.7. The molecule has 3 N–H and O–H groups in total. The number of carbonyl (C=O) groups is 2. The molecule has 2 aromatic rings. The highest BCUT2D eigenvalue weighted by atomic mass is 19.1. The van der Waals surface area contributed by atoms with Crippen LogP contribution in [0.4, 0.5) is 4.39 Å². The molecular weight excluding hydrogens is 325 g/mol. The number of nitriles is 1. The van der Waals surface area contributed by atoms with Gasteiger partial charge in [0.15, 0.2) is 6.61 Å². The average Bonchev–Trinajstić information content (AvgIpc) is 2.60. The number of nitrogens with one attached hydrogen (secondary N) is 1. The van der Waals surface area contributed by atoms with Crippen molar-refractivity contribution in [2.24, 2.45) is 5.73 Å². The van der Waals surface area contributed by atoms with Crippen LogP contribution < -0.4 is 15.8 Å². The highest BCUT2D eigenvalue weighted by molar-refractivity contribution is 5.94. The van der Waals surface area contributed by atoms with E-state index in [0.717, 1.165) is 0 Å². The Kier molecular flexibility index (Phi) is 5.69. The van der Waals surface area contributed by atoms with Crippen LogP contribution in [0.25, 0.3) is 0 Å². The molecule has 25 heavy (non-hydrogen) atoms. The Morgan fingerprint density at radius 1 is 1.28 bits per heavy atom. The quantitative estimate of drug-likeness (QED) is 0.835. The van der Waals surface area contributed by atoms with Gasteiger partial charge in [-0.1, -0.05) is 6.07 Å². The van der Waals surface area contributed by atoms with Gasteiger partial charge in [0.1, 0.15) is 11.6 Å². The molecule has 0 aliphatic rings. The van der Waals surface area contributed by atoms with E-state index in [1.54, 1.807) is 19.1 Å². The number of rotatable bonds is 6.